The van der Waals surface area contributed by atoms with Gasteiger partial charge in [-0.25, -0.2) is 0 Å². The maximum atomic E-state index is 11.3. The molecule has 0 bridgehead atoms. The second kappa shape index (κ2) is 9.90. The van der Waals surface area contributed by atoms with Crippen LogP contribution in [0.3, 0.4) is 0 Å². The zero-order valence-electron chi connectivity index (χ0n) is 13.7. The molecule has 1 aromatic heterocycles. The SMILES string of the molecule is CCn1c(=S)ccn(CCCCCCOC(=O)C(C)C)c1=S. The number of carbonyl (C=O) groups excluding carboxylic acids is 1. The Hall–Kier alpha value is -1.01. The number of rotatable bonds is 9. The minimum atomic E-state index is -0.112. The largest absolute Gasteiger partial charge is 0.465 e. The quantitative estimate of drug-likeness (QED) is 0.375. The molecule has 124 valence electrons. The van der Waals surface area contributed by atoms with Gasteiger partial charge < -0.3 is 13.9 Å². The molecular formula is C16H26N2O2S2. The van der Waals surface area contributed by atoms with Gasteiger partial charge in [0.25, 0.3) is 0 Å². The van der Waals surface area contributed by atoms with Crippen LogP contribution in [-0.2, 0) is 22.6 Å². The standard InChI is InChI=1S/C16H26N2O2S2/c1-4-18-14(21)9-11-17(16(18)22)10-7-5-6-8-12-20-15(19)13(2)3/h9,11,13H,4-8,10,12H2,1-3H3. The van der Waals surface area contributed by atoms with Crippen LogP contribution in [0.2, 0.25) is 0 Å². The summed E-state index contributed by atoms with van der Waals surface area (Å²) < 4.78 is 10.8. The van der Waals surface area contributed by atoms with Crippen molar-refractivity contribution in [2.45, 2.75) is 59.5 Å². The van der Waals surface area contributed by atoms with Gasteiger partial charge in [0.1, 0.15) is 4.64 Å². The van der Waals surface area contributed by atoms with Crippen molar-refractivity contribution in [3.8, 4) is 0 Å². The minimum Gasteiger partial charge on any atom is -0.465 e. The van der Waals surface area contributed by atoms with Crippen LogP contribution in [0.5, 0.6) is 0 Å². The normalized spacial score (nSPS) is 10.9. The first-order valence-corrected chi connectivity index (χ1v) is 8.76. The van der Waals surface area contributed by atoms with Crippen LogP contribution in [0.25, 0.3) is 0 Å². The number of esters is 1. The summed E-state index contributed by atoms with van der Waals surface area (Å²) in [5, 5.41) is 0. The first kappa shape index (κ1) is 19.0. The molecule has 0 spiro atoms. The van der Waals surface area contributed by atoms with Crippen molar-refractivity contribution in [3.05, 3.63) is 21.7 Å². The molecule has 0 saturated heterocycles. The Kier molecular flexibility index (Phi) is 8.56. The van der Waals surface area contributed by atoms with Gasteiger partial charge in [-0.15, -0.1) is 0 Å². The minimum absolute atomic E-state index is 0.0421. The molecule has 0 aliphatic rings. The van der Waals surface area contributed by atoms with Gasteiger partial charge in [0, 0.05) is 19.3 Å². The topological polar surface area (TPSA) is 36.2 Å². The van der Waals surface area contributed by atoms with Gasteiger partial charge in [0.15, 0.2) is 4.77 Å². The first-order chi connectivity index (χ1) is 10.5. The number of carbonyl (C=O) groups is 1. The summed E-state index contributed by atoms with van der Waals surface area (Å²) >= 11 is 10.7. The number of unbranched alkanes of at least 4 members (excludes halogenated alkanes) is 3. The van der Waals surface area contributed by atoms with Gasteiger partial charge in [-0.2, -0.15) is 0 Å². The molecule has 0 aromatic carbocycles. The van der Waals surface area contributed by atoms with E-state index < -0.39 is 0 Å². The van der Waals surface area contributed by atoms with Gasteiger partial charge in [-0.05, 0) is 44.5 Å². The van der Waals surface area contributed by atoms with E-state index in [2.05, 4.69) is 4.57 Å². The van der Waals surface area contributed by atoms with Crippen molar-refractivity contribution in [1.29, 1.82) is 0 Å². The van der Waals surface area contributed by atoms with E-state index in [0.29, 0.717) is 6.61 Å². The predicted octanol–water partition coefficient (Wildman–Crippen LogP) is 4.53. The first-order valence-electron chi connectivity index (χ1n) is 7.94. The average molecular weight is 343 g/mol. The number of ether oxygens (including phenoxy) is 1. The van der Waals surface area contributed by atoms with Crippen LogP contribution >= 0.6 is 24.4 Å². The lowest BCUT2D eigenvalue weighted by molar-refractivity contribution is -0.147. The summed E-state index contributed by atoms with van der Waals surface area (Å²) in [7, 11) is 0. The molecule has 1 rings (SSSR count). The molecule has 1 aromatic rings. The second-order valence-electron chi connectivity index (χ2n) is 5.61. The summed E-state index contributed by atoms with van der Waals surface area (Å²) in [4.78, 5) is 11.3. The highest BCUT2D eigenvalue weighted by molar-refractivity contribution is 7.72. The van der Waals surface area contributed by atoms with E-state index in [1.165, 1.54) is 0 Å². The smallest absolute Gasteiger partial charge is 0.308 e. The van der Waals surface area contributed by atoms with E-state index in [1.54, 1.807) is 0 Å². The van der Waals surface area contributed by atoms with E-state index in [-0.39, 0.29) is 11.9 Å². The maximum Gasteiger partial charge on any atom is 0.308 e. The summed E-state index contributed by atoms with van der Waals surface area (Å²) in [5.41, 5.74) is 0. The molecule has 0 amide bonds. The Morgan fingerprint density at radius 3 is 2.55 bits per heavy atom. The van der Waals surface area contributed by atoms with Crippen LogP contribution in [0.15, 0.2) is 12.3 Å². The molecule has 6 heteroatoms. The zero-order chi connectivity index (χ0) is 16.5. The lowest BCUT2D eigenvalue weighted by Gasteiger charge is -2.11. The number of nitrogens with zero attached hydrogens (tertiary/aromatic N) is 2. The summed E-state index contributed by atoms with van der Waals surface area (Å²) in [6.07, 6.45) is 6.12. The van der Waals surface area contributed by atoms with Crippen molar-refractivity contribution in [1.82, 2.24) is 9.13 Å². The van der Waals surface area contributed by atoms with E-state index in [4.69, 9.17) is 29.2 Å². The van der Waals surface area contributed by atoms with Crippen LogP contribution in [0.1, 0.15) is 46.5 Å². The van der Waals surface area contributed by atoms with Gasteiger partial charge in [-0.1, -0.05) is 32.5 Å². The Labute approximate surface area is 143 Å². The van der Waals surface area contributed by atoms with Crippen molar-refractivity contribution in [2.75, 3.05) is 6.61 Å². The molecule has 0 aliphatic heterocycles. The predicted molar refractivity (Wildman–Crippen MR) is 94.0 cm³/mol. The van der Waals surface area contributed by atoms with Gasteiger partial charge >= 0.3 is 5.97 Å². The molecule has 1 heterocycles. The summed E-state index contributed by atoms with van der Waals surface area (Å²) in [5.74, 6) is -0.154. The van der Waals surface area contributed by atoms with Crippen LogP contribution < -0.4 is 0 Å². The number of hydrogen-bond donors (Lipinski definition) is 0. The molecule has 22 heavy (non-hydrogen) atoms. The molecule has 0 radical (unpaired) electrons. The van der Waals surface area contributed by atoms with Crippen molar-refractivity contribution in [2.24, 2.45) is 5.92 Å². The molecule has 4 nitrogen and oxygen atoms in total. The van der Waals surface area contributed by atoms with Gasteiger partial charge in [0.2, 0.25) is 0 Å². The van der Waals surface area contributed by atoms with Crippen molar-refractivity contribution >= 4 is 30.4 Å². The Morgan fingerprint density at radius 1 is 1.23 bits per heavy atom. The number of aromatic nitrogens is 2. The third kappa shape index (κ3) is 6.01. The van der Waals surface area contributed by atoms with Crippen LogP contribution in [-0.4, -0.2) is 21.7 Å². The summed E-state index contributed by atoms with van der Waals surface area (Å²) in [6, 6.07) is 1.93. The van der Waals surface area contributed by atoms with Crippen molar-refractivity contribution < 1.29 is 9.53 Å². The second-order valence-corrected chi connectivity index (χ2v) is 6.39. The van der Waals surface area contributed by atoms with E-state index in [1.807, 2.05) is 37.6 Å². The Balaban J connectivity index is 2.27. The van der Waals surface area contributed by atoms with Crippen molar-refractivity contribution in [3.63, 3.8) is 0 Å². The molecule has 0 fully saturated rings. The average Bonchev–Trinajstić information content (AvgIpc) is 2.48. The third-order valence-corrected chi connectivity index (χ3v) is 4.28. The van der Waals surface area contributed by atoms with Gasteiger partial charge in [-0.3, -0.25) is 4.79 Å². The van der Waals surface area contributed by atoms with E-state index >= 15 is 0 Å². The lowest BCUT2D eigenvalue weighted by Crippen LogP contribution is -2.12. The molecule has 0 saturated carbocycles. The molecule has 0 aliphatic carbocycles. The van der Waals surface area contributed by atoms with E-state index in [9.17, 15) is 4.79 Å². The fraction of sp³-hybridized carbons (Fsp3) is 0.688. The Morgan fingerprint density at radius 2 is 1.91 bits per heavy atom. The fourth-order valence-electron chi connectivity index (χ4n) is 2.10. The number of hydrogen-bond acceptors (Lipinski definition) is 4. The maximum absolute atomic E-state index is 11.3. The Bertz CT molecular complexity index is 591. The van der Waals surface area contributed by atoms with Crippen LogP contribution in [0.4, 0.5) is 0 Å². The number of aryl methyl sites for hydroxylation is 1. The fourth-order valence-corrected chi connectivity index (χ4v) is 2.81. The third-order valence-electron chi connectivity index (χ3n) is 3.46. The highest BCUT2D eigenvalue weighted by Gasteiger charge is 2.07. The highest BCUT2D eigenvalue weighted by Crippen LogP contribution is 2.06. The summed E-state index contributed by atoms with van der Waals surface area (Å²) in [6.45, 7) is 7.98. The van der Waals surface area contributed by atoms with Gasteiger partial charge in [0.05, 0.1) is 12.5 Å². The lowest BCUT2D eigenvalue weighted by atomic mass is 10.2. The highest BCUT2D eigenvalue weighted by atomic mass is 32.1. The zero-order valence-corrected chi connectivity index (χ0v) is 15.3. The molecular weight excluding hydrogens is 316 g/mol. The molecule has 0 unspecified atom stereocenters. The van der Waals surface area contributed by atoms with Crippen LogP contribution in [0, 0.1) is 15.3 Å². The molecule has 0 atom stereocenters. The monoisotopic (exact) mass is 342 g/mol. The van der Waals surface area contributed by atoms with E-state index in [0.717, 1.165) is 48.2 Å². The molecule has 0 N–H and O–H groups in total.